The third-order valence-electron chi connectivity index (χ3n) is 3.66. The largest absolute Gasteiger partial charge is 0.493 e. The van der Waals surface area contributed by atoms with Gasteiger partial charge in [0.1, 0.15) is 5.01 Å². The highest BCUT2D eigenvalue weighted by Gasteiger charge is 2.09. The molecule has 0 aliphatic carbocycles. The van der Waals surface area contributed by atoms with Crippen LogP contribution in [0.5, 0.6) is 11.5 Å². The molecular formula is C20H18N4O4S. The van der Waals surface area contributed by atoms with E-state index >= 15 is 0 Å². The molecule has 0 aliphatic heterocycles. The Morgan fingerprint density at radius 2 is 1.93 bits per heavy atom. The molecule has 0 spiro atoms. The molecule has 3 aromatic rings. The van der Waals surface area contributed by atoms with E-state index in [0.29, 0.717) is 22.2 Å². The summed E-state index contributed by atoms with van der Waals surface area (Å²) in [5.74, 6) is -0.116. The molecule has 9 heteroatoms. The van der Waals surface area contributed by atoms with Crippen molar-refractivity contribution in [3.63, 3.8) is 0 Å². The van der Waals surface area contributed by atoms with Crippen LogP contribution in [-0.4, -0.2) is 35.7 Å². The van der Waals surface area contributed by atoms with Crippen LogP contribution in [0.3, 0.4) is 0 Å². The fourth-order valence-electron chi connectivity index (χ4n) is 2.35. The minimum absolute atomic E-state index is 0.249. The van der Waals surface area contributed by atoms with Crippen molar-refractivity contribution in [3.8, 4) is 22.1 Å². The van der Waals surface area contributed by atoms with E-state index in [4.69, 9.17) is 15.2 Å². The molecule has 148 valence electrons. The summed E-state index contributed by atoms with van der Waals surface area (Å²) >= 11 is 1.29. The van der Waals surface area contributed by atoms with Crippen LogP contribution in [0.2, 0.25) is 0 Å². The second-order valence-corrected chi connectivity index (χ2v) is 6.74. The van der Waals surface area contributed by atoms with E-state index < -0.39 is 5.91 Å². The predicted octanol–water partition coefficient (Wildman–Crippen LogP) is 2.73. The quantitative estimate of drug-likeness (QED) is 0.552. The number of ether oxygens (including phenoxy) is 2. The van der Waals surface area contributed by atoms with Gasteiger partial charge >= 0.3 is 0 Å². The van der Waals surface area contributed by atoms with E-state index in [0.717, 1.165) is 10.6 Å². The highest BCUT2D eigenvalue weighted by molar-refractivity contribution is 7.18. The molecule has 0 saturated carbocycles. The smallest absolute Gasteiger partial charge is 0.255 e. The van der Waals surface area contributed by atoms with Gasteiger partial charge in [-0.2, -0.15) is 0 Å². The second kappa shape index (κ2) is 9.47. The number of primary amides is 1. The van der Waals surface area contributed by atoms with Crippen LogP contribution in [0.25, 0.3) is 16.6 Å². The number of amides is 2. The Hall–Kier alpha value is -3.72. The van der Waals surface area contributed by atoms with E-state index in [1.165, 1.54) is 24.5 Å². The lowest BCUT2D eigenvalue weighted by atomic mass is 10.2. The van der Waals surface area contributed by atoms with Gasteiger partial charge in [0.25, 0.3) is 5.91 Å². The van der Waals surface area contributed by atoms with Gasteiger partial charge in [-0.1, -0.05) is 47.7 Å². The molecule has 2 aromatic carbocycles. The summed E-state index contributed by atoms with van der Waals surface area (Å²) in [4.78, 5) is 23.0. The normalized spacial score (nSPS) is 10.7. The predicted molar refractivity (Wildman–Crippen MR) is 111 cm³/mol. The number of rotatable bonds is 8. The van der Waals surface area contributed by atoms with Crippen LogP contribution in [0.4, 0.5) is 5.13 Å². The molecule has 0 atom stereocenters. The van der Waals surface area contributed by atoms with Gasteiger partial charge in [0.05, 0.1) is 7.11 Å². The van der Waals surface area contributed by atoms with E-state index in [1.807, 2.05) is 30.3 Å². The van der Waals surface area contributed by atoms with E-state index in [-0.39, 0.29) is 12.5 Å². The lowest BCUT2D eigenvalue weighted by Gasteiger charge is -2.09. The molecule has 0 unspecified atom stereocenters. The molecular weight excluding hydrogens is 392 g/mol. The molecule has 8 nitrogen and oxygen atoms in total. The average molecular weight is 410 g/mol. The Labute approximate surface area is 171 Å². The van der Waals surface area contributed by atoms with Crippen molar-refractivity contribution < 1.29 is 19.1 Å². The van der Waals surface area contributed by atoms with Crippen LogP contribution in [-0.2, 0) is 9.59 Å². The van der Waals surface area contributed by atoms with Gasteiger partial charge in [-0.15, -0.1) is 10.2 Å². The summed E-state index contributed by atoms with van der Waals surface area (Å²) in [6, 6.07) is 14.6. The maximum absolute atomic E-state index is 12.2. The highest BCUT2D eigenvalue weighted by atomic mass is 32.1. The van der Waals surface area contributed by atoms with Crippen LogP contribution in [0.1, 0.15) is 5.56 Å². The van der Waals surface area contributed by atoms with Gasteiger partial charge < -0.3 is 15.2 Å². The van der Waals surface area contributed by atoms with Gasteiger partial charge in [0.15, 0.2) is 18.1 Å². The Balaban J connectivity index is 1.63. The number of nitrogens with one attached hydrogen (secondary N) is 1. The van der Waals surface area contributed by atoms with E-state index in [1.54, 1.807) is 24.3 Å². The Bertz CT molecular complexity index is 1030. The first kappa shape index (κ1) is 20.0. The molecule has 0 fully saturated rings. The van der Waals surface area contributed by atoms with Gasteiger partial charge in [0, 0.05) is 11.6 Å². The van der Waals surface area contributed by atoms with Gasteiger partial charge in [0.2, 0.25) is 11.0 Å². The fourth-order valence-corrected chi connectivity index (χ4v) is 3.10. The van der Waals surface area contributed by atoms with E-state index in [9.17, 15) is 9.59 Å². The van der Waals surface area contributed by atoms with Crippen molar-refractivity contribution in [2.75, 3.05) is 19.0 Å². The number of methoxy groups -OCH3 is 1. The molecule has 1 aromatic heterocycles. The van der Waals surface area contributed by atoms with Crippen LogP contribution in [0, 0.1) is 0 Å². The lowest BCUT2D eigenvalue weighted by Crippen LogP contribution is -2.20. The van der Waals surface area contributed by atoms with Crippen molar-refractivity contribution >= 4 is 34.4 Å². The van der Waals surface area contributed by atoms with Crippen LogP contribution in [0.15, 0.2) is 54.6 Å². The lowest BCUT2D eigenvalue weighted by molar-refractivity contribution is -0.120. The van der Waals surface area contributed by atoms with Crippen LogP contribution < -0.4 is 20.5 Å². The first-order valence-corrected chi connectivity index (χ1v) is 9.34. The number of carbonyl (C=O) groups excluding carboxylic acids is 2. The standard InChI is InChI=1S/C20H18N4O4S/c1-27-16-11-13(7-9-15(16)28-12-17(21)25)8-10-18(26)22-20-24-23-19(29-20)14-5-3-2-4-6-14/h2-11H,12H2,1H3,(H2,21,25)(H,22,24,26)/b10-8+. The molecule has 29 heavy (non-hydrogen) atoms. The molecule has 3 rings (SSSR count). The highest BCUT2D eigenvalue weighted by Crippen LogP contribution is 2.29. The Morgan fingerprint density at radius 3 is 2.66 bits per heavy atom. The molecule has 0 radical (unpaired) electrons. The molecule has 1 heterocycles. The monoisotopic (exact) mass is 410 g/mol. The zero-order chi connectivity index (χ0) is 20.6. The van der Waals surface area contributed by atoms with Crippen molar-refractivity contribution in [3.05, 3.63) is 60.2 Å². The van der Waals surface area contributed by atoms with Gasteiger partial charge in [-0.05, 0) is 23.8 Å². The second-order valence-electron chi connectivity index (χ2n) is 5.77. The number of anilines is 1. The zero-order valence-electron chi connectivity index (χ0n) is 15.5. The molecule has 2 amide bonds. The molecule has 3 N–H and O–H groups in total. The summed E-state index contributed by atoms with van der Waals surface area (Å²) in [6.45, 7) is -0.249. The third kappa shape index (κ3) is 5.63. The van der Waals surface area contributed by atoms with Crippen molar-refractivity contribution in [2.45, 2.75) is 0 Å². The van der Waals surface area contributed by atoms with Crippen molar-refractivity contribution in [1.29, 1.82) is 0 Å². The maximum Gasteiger partial charge on any atom is 0.255 e. The van der Waals surface area contributed by atoms with Crippen LogP contribution >= 0.6 is 11.3 Å². The number of hydrogen-bond donors (Lipinski definition) is 2. The van der Waals surface area contributed by atoms with Crippen molar-refractivity contribution in [1.82, 2.24) is 10.2 Å². The molecule has 0 bridgehead atoms. The number of hydrogen-bond acceptors (Lipinski definition) is 7. The van der Waals surface area contributed by atoms with Crippen molar-refractivity contribution in [2.24, 2.45) is 5.73 Å². The van der Waals surface area contributed by atoms with Gasteiger partial charge in [-0.3, -0.25) is 14.9 Å². The molecule has 0 aliphatic rings. The summed E-state index contributed by atoms with van der Waals surface area (Å²) in [7, 11) is 1.48. The summed E-state index contributed by atoms with van der Waals surface area (Å²) in [6.07, 6.45) is 3.00. The van der Waals surface area contributed by atoms with Gasteiger partial charge in [-0.25, -0.2) is 0 Å². The molecule has 0 saturated heterocycles. The number of nitrogens with zero attached hydrogens (tertiary/aromatic N) is 2. The summed E-state index contributed by atoms with van der Waals surface area (Å²) in [5.41, 5.74) is 6.72. The SMILES string of the molecule is COc1cc(/C=C/C(=O)Nc2nnc(-c3ccccc3)s2)ccc1OCC(N)=O. The summed E-state index contributed by atoms with van der Waals surface area (Å²) in [5, 5.41) is 11.9. The first-order chi connectivity index (χ1) is 14.0. The Kier molecular flexibility index (Phi) is 6.54. The number of aromatic nitrogens is 2. The maximum atomic E-state index is 12.2. The minimum Gasteiger partial charge on any atom is -0.493 e. The Morgan fingerprint density at radius 1 is 1.14 bits per heavy atom. The average Bonchev–Trinajstić information content (AvgIpc) is 3.20. The fraction of sp³-hybridized carbons (Fsp3) is 0.100. The number of carbonyl (C=O) groups is 2. The summed E-state index contributed by atoms with van der Waals surface area (Å²) < 4.78 is 10.5. The number of nitrogens with two attached hydrogens (primary N) is 1. The van der Waals surface area contributed by atoms with E-state index in [2.05, 4.69) is 15.5 Å². The number of benzene rings is 2. The zero-order valence-corrected chi connectivity index (χ0v) is 16.3. The minimum atomic E-state index is -0.584. The third-order valence-corrected chi connectivity index (χ3v) is 4.55. The first-order valence-electron chi connectivity index (χ1n) is 8.52. The topological polar surface area (TPSA) is 116 Å².